The number of hydrogen-bond acceptors (Lipinski definition) is 5. The summed E-state index contributed by atoms with van der Waals surface area (Å²) in [6.45, 7) is 3.14. The van der Waals surface area contributed by atoms with Crippen molar-refractivity contribution in [1.82, 2.24) is 10.3 Å². The monoisotopic (exact) mass is 393 g/mol. The molecule has 2 aromatic heterocycles. The maximum atomic E-state index is 5.36. The third-order valence-electron chi connectivity index (χ3n) is 6.52. The molecule has 2 N–H and O–H groups in total. The first-order valence-corrected chi connectivity index (χ1v) is 11.1. The largest absolute Gasteiger partial charge is 0.497 e. The van der Waals surface area contributed by atoms with E-state index in [2.05, 4.69) is 52.6 Å². The van der Waals surface area contributed by atoms with Crippen LogP contribution in [0.2, 0.25) is 0 Å². The van der Waals surface area contributed by atoms with Gasteiger partial charge in [0.05, 0.1) is 12.6 Å². The predicted octanol–water partition coefficient (Wildman–Crippen LogP) is 4.98. The molecule has 4 atom stereocenters. The summed E-state index contributed by atoms with van der Waals surface area (Å²) in [5, 5.41) is 13.2. The summed E-state index contributed by atoms with van der Waals surface area (Å²) in [6, 6.07) is 11.6. The van der Waals surface area contributed by atoms with Crippen molar-refractivity contribution in [3.63, 3.8) is 0 Å². The zero-order valence-electron chi connectivity index (χ0n) is 16.4. The van der Waals surface area contributed by atoms with Crippen LogP contribution in [-0.2, 0) is 6.54 Å². The fourth-order valence-electron chi connectivity index (χ4n) is 5.16. The summed E-state index contributed by atoms with van der Waals surface area (Å²) in [6.07, 6.45) is 3.92. The van der Waals surface area contributed by atoms with Gasteiger partial charge in [-0.1, -0.05) is 0 Å². The van der Waals surface area contributed by atoms with Gasteiger partial charge in [-0.25, -0.2) is 4.98 Å². The number of rotatable bonds is 6. The van der Waals surface area contributed by atoms with Crippen molar-refractivity contribution in [1.29, 1.82) is 0 Å². The van der Waals surface area contributed by atoms with Crippen molar-refractivity contribution in [3.8, 4) is 5.75 Å². The van der Waals surface area contributed by atoms with Crippen molar-refractivity contribution in [3.05, 3.63) is 52.2 Å². The number of anilines is 1. The first-order chi connectivity index (χ1) is 13.7. The standard InChI is InChI=1S/C23H27N3OS/c1-14-7-23(25-20-4-3-17(27-2)11-18(14)20)26-22-10-16-8-19(22)21(9-16)24-12-15-5-6-28-13-15/h3-7,11,13,16,19,21-22,24H,8-10,12H2,1-2H3,(H,25,26)/t16-,19-,21-,22-/m0/s1. The van der Waals surface area contributed by atoms with E-state index in [4.69, 9.17) is 9.72 Å². The molecular formula is C23H27N3OS. The normalized spacial score (nSPS) is 26.1. The number of thiophene rings is 1. The molecule has 5 rings (SSSR count). The van der Waals surface area contributed by atoms with E-state index in [9.17, 15) is 0 Å². The summed E-state index contributed by atoms with van der Waals surface area (Å²) in [5.41, 5.74) is 3.67. The van der Waals surface area contributed by atoms with Crippen LogP contribution in [0.4, 0.5) is 5.82 Å². The molecule has 0 unspecified atom stereocenters. The number of aromatic nitrogens is 1. The molecule has 2 aliphatic carbocycles. The molecule has 0 aliphatic heterocycles. The summed E-state index contributed by atoms with van der Waals surface area (Å²) in [7, 11) is 1.71. The van der Waals surface area contributed by atoms with Crippen LogP contribution in [0.15, 0.2) is 41.1 Å². The number of fused-ring (bicyclic) bond motifs is 3. The Balaban J connectivity index is 1.30. The number of nitrogens with zero attached hydrogens (tertiary/aromatic N) is 1. The van der Waals surface area contributed by atoms with Crippen LogP contribution in [0.3, 0.4) is 0 Å². The molecule has 0 spiro atoms. The summed E-state index contributed by atoms with van der Waals surface area (Å²) >= 11 is 1.78. The van der Waals surface area contributed by atoms with Crippen LogP contribution >= 0.6 is 11.3 Å². The Morgan fingerprint density at radius 3 is 2.82 bits per heavy atom. The molecule has 2 heterocycles. The van der Waals surface area contributed by atoms with E-state index < -0.39 is 0 Å². The molecular weight excluding hydrogens is 366 g/mol. The van der Waals surface area contributed by atoms with Crippen LogP contribution in [-0.4, -0.2) is 24.2 Å². The van der Waals surface area contributed by atoms with Gasteiger partial charge >= 0.3 is 0 Å². The van der Waals surface area contributed by atoms with Gasteiger partial charge in [0.1, 0.15) is 11.6 Å². The quantitative estimate of drug-likeness (QED) is 0.620. The van der Waals surface area contributed by atoms with Crippen LogP contribution < -0.4 is 15.4 Å². The highest BCUT2D eigenvalue weighted by Gasteiger charge is 2.46. The minimum atomic E-state index is 0.515. The van der Waals surface area contributed by atoms with Crippen molar-refractivity contribution < 1.29 is 4.74 Å². The van der Waals surface area contributed by atoms with Crippen LogP contribution in [0.5, 0.6) is 5.75 Å². The molecule has 4 nitrogen and oxygen atoms in total. The summed E-state index contributed by atoms with van der Waals surface area (Å²) in [4.78, 5) is 4.88. The van der Waals surface area contributed by atoms with Crippen LogP contribution in [0, 0.1) is 18.8 Å². The van der Waals surface area contributed by atoms with Gasteiger partial charge in [0.15, 0.2) is 0 Å². The number of nitrogens with one attached hydrogen (secondary N) is 2. The van der Waals surface area contributed by atoms with Crippen molar-refractivity contribution in [2.75, 3.05) is 12.4 Å². The topological polar surface area (TPSA) is 46.2 Å². The third-order valence-corrected chi connectivity index (χ3v) is 7.25. The molecule has 0 amide bonds. The lowest BCUT2D eigenvalue weighted by molar-refractivity contribution is 0.327. The van der Waals surface area contributed by atoms with E-state index in [1.807, 2.05) is 6.07 Å². The fraction of sp³-hybridized carbons (Fsp3) is 0.435. The summed E-state index contributed by atoms with van der Waals surface area (Å²) < 4.78 is 5.36. The molecule has 3 aromatic rings. The van der Waals surface area contributed by atoms with E-state index in [-0.39, 0.29) is 0 Å². The highest BCUT2D eigenvalue weighted by molar-refractivity contribution is 7.07. The number of hydrogen-bond donors (Lipinski definition) is 2. The molecule has 0 saturated heterocycles. The van der Waals surface area contributed by atoms with E-state index in [0.717, 1.165) is 34.9 Å². The molecule has 2 fully saturated rings. The lowest BCUT2D eigenvalue weighted by atomic mass is 9.90. The Morgan fingerprint density at radius 2 is 2.04 bits per heavy atom. The molecule has 1 aromatic carbocycles. The average Bonchev–Trinajstić information content (AvgIpc) is 3.43. The maximum Gasteiger partial charge on any atom is 0.127 e. The maximum absolute atomic E-state index is 5.36. The third kappa shape index (κ3) is 3.38. The second kappa shape index (κ2) is 7.37. The number of ether oxygens (including phenoxy) is 1. The van der Waals surface area contributed by atoms with E-state index in [1.54, 1.807) is 18.4 Å². The number of aryl methyl sites for hydroxylation is 1. The number of pyridine rings is 1. The van der Waals surface area contributed by atoms with Crippen molar-refractivity contribution in [2.45, 2.75) is 44.8 Å². The molecule has 5 heteroatoms. The van der Waals surface area contributed by atoms with Gasteiger partial charge in [-0.2, -0.15) is 11.3 Å². The zero-order valence-corrected chi connectivity index (χ0v) is 17.3. The Kier molecular flexibility index (Phi) is 4.73. The first kappa shape index (κ1) is 18.0. The van der Waals surface area contributed by atoms with Crippen molar-refractivity contribution >= 4 is 28.1 Å². The second-order valence-electron chi connectivity index (χ2n) is 8.31. The second-order valence-corrected chi connectivity index (χ2v) is 9.09. The highest BCUT2D eigenvalue weighted by Crippen LogP contribution is 2.46. The van der Waals surface area contributed by atoms with Gasteiger partial charge < -0.3 is 15.4 Å². The van der Waals surface area contributed by atoms with Crippen LogP contribution in [0.25, 0.3) is 10.9 Å². The lowest BCUT2D eigenvalue weighted by Gasteiger charge is -2.31. The zero-order chi connectivity index (χ0) is 19.1. The SMILES string of the molecule is COc1ccc2nc(N[C@H]3C[C@H]4C[C@H]3[C@@H](NCc3ccsc3)C4)cc(C)c2c1. The molecule has 0 radical (unpaired) electrons. The van der Waals surface area contributed by atoms with E-state index in [1.165, 1.54) is 30.4 Å². The average molecular weight is 394 g/mol. The fourth-order valence-corrected chi connectivity index (χ4v) is 5.83. The molecule has 2 saturated carbocycles. The van der Waals surface area contributed by atoms with Gasteiger partial charge in [0.25, 0.3) is 0 Å². The van der Waals surface area contributed by atoms with Crippen molar-refractivity contribution in [2.24, 2.45) is 11.8 Å². The van der Waals surface area contributed by atoms with E-state index in [0.29, 0.717) is 18.0 Å². The molecule has 146 valence electrons. The smallest absolute Gasteiger partial charge is 0.127 e. The molecule has 28 heavy (non-hydrogen) atoms. The van der Waals surface area contributed by atoms with Gasteiger partial charge in [-0.05, 0) is 90.2 Å². The van der Waals surface area contributed by atoms with Gasteiger partial charge in [0.2, 0.25) is 0 Å². The Labute approximate surface area is 170 Å². The highest BCUT2D eigenvalue weighted by atomic mass is 32.1. The number of methoxy groups -OCH3 is 1. The Morgan fingerprint density at radius 1 is 1.14 bits per heavy atom. The van der Waals surface area contributed by atoms with Gasteiger partial charge in [-0.3, -0.25) is 0 Å². The van der Waals surface area contributed by atoms with Gasteiger partial charge in [0, 0.05) is 24.0 Å². The first-order valence-electron chi connectivity index (χ1n) is 10.2. The predicted molar refractivity (Wildman–Crippen MR) is 116 cm³/mol. The molecule has 2 bridgehead atoms. The summed E-state index contributed by atoms with van der Waals surface area (Å²) in [5.74, 6) is 3.42. The molecule has 2 aliphatic rings. The minimum absolute atomic E-state index is 0.515. The Hall–Kier alpha value is -2.11. The lowest BCUT2D eigenvalue weighted by Crippen LogP contribution is -2.42. The number of benzene rings is 1. The Bertz CT molecular complexity index is 971. The minimum Gasteiger partial charge on any atom is -0.497 e. The van der Waals surface area contributed by atoms with E-state index >= 15 is 0 Å². The van der Waals surface area contributed by atoms with Crippen LogP contribution in [0.1, 0.15) is 30.4 Å². The van der Waals surface area contributed by atoms with Gasteiger partial charge in [-0.15, -0.1) is 0 Å².